The number of amides is 1. The van der Waals surface area contributed by atoms with Crippen LogP contribution in [0.3, 0.4) is 0 Å². The Morgan fingerprint density at radius 1 is 1.25 bits per heavy atom. The first-order valence-corrected chi connectivity index (χ1v) is 9.42. The van der Waals surface area contributed by atoms with E-state index >= 15 is 0 Å². The van der Waals surface area contributed by atoms with Crippen LogP contribution in [0.25, 0.3) is 10.8 Å². The topological polar surface area (TPSA) is 54.9 Å². The SMILES string of the molecule is COCC1(C)CN(C(=O)OC(C)(C)C)CCN1c1nccc2c(F)cccc12. The number of rotatable bonds is 3. The van der Waals surface area contributed by atoms with Gasteiger partial charge in [0.1, 0.15) is 17.2 Å². The number of carbonyl (C=O) groups is 1. The fraction of sp³-hybridized carbons (Fsp3) is 0.524. The molecule has 1 aromatic carbocycles. The number of nitrogens with zero attached hydrogens (tertiary/aromatic N) is 3. The van der Waals surface area contributed by atoms with Crippen molar-refractivity contribution in [1.29, 1.82) is 0 Å². The lowest BCUT2D eigenvalue weighted by Crippen LogP contribution is -2.64. The molecule has 1 aromatic heterocycles. The fourth-order valence-corrected chi connectivity index (χ4v) is 3.71. The molecule has 6 nitrogen and oxygen atoms in total. The number of carbonyl (C=O) groups excluding carboxylic acids is 1. The van der Waals surface area contributed by atoms with Gasteiger partial charge in [0.2, 0.25) is 0 Å². The molecule has 2 aromatic rings. The zero-order chi connectivity index (χ0) is 20.5. The molecule has 1 atom stereocenters. The van der Waals surface area contributed by atoms with Gasteiger partial charge in [-0.15, -0.1) is 0 Å². The van der Waals surface area contributed by atoms with E-state index in [-0.39, 0.29) is 11.9 Å². The lowest BCUT2D eigenvalue weighted by atomic mass is 9.96. The van der Waals surface area contributed by atoms with Crippen LogP contribution < -0.4 is 4.90 Å². The van der Waals surface area contributed by atoms with Crippen molar-refractivity contribution in [3.63, 3.8) is 0 Å². The third kappa shape index (κ3) is 4.04. The molecule has 1 saturated heterocycles. The molecular weight excluding hydrogens is 361 g/mol. The number of anilines is 1. The Labute approximate surface area is 165 Å². The number of methoxy groups -OCH3 is 1. The number of hydrogen-bond acceptors (Lipinski definition) is 5. The van der Waals surface area contributed by atoms with E-state index in [9.17, 15) is 9.18 Å². The summed E-state index contributed by atoms with van der Waals surface area (Å²) >= 11 is 0. The molecule has 0 spiro atoms. The number of pyridine rings is 1. The summed E-state index contributed by atoms with van der Waals surface area (Å²) < 4.78 is 25.3. The molecule has 0 bridgehead atoms. The molecule has 1 aliphatic heterocycles. The Bertz CT molecular complexity index is 868. The third-order valence-corrected chi connectivity index (χ3v) is 4.87. The van der Waals surface area contributed by atoms with Crippen molar-refractivity contribution < 1.29 is 18.7 Å². The molecule has 7 heteroatoms. The Morgan fingerprint density at radius 2 is 2.00 bits per heavy atom. The zero-order valence-corrected chi connectivity index (χ0v) is 17.2. The van der Waals surface area contributed by atoms with E-state index in [1.165, 1.54) is 6.07 Å². The molecular formula is C21H28FN3O3. The number of aromatic nitrogens is 1. The minimum atomic E-state index is -0.555. The Morgan fingerprint density at radius 3 is 2.68 bits per heavy atom. The summed E-state index contributed by atoms with van der Waals surface area (Å²) in [5.41, 5.74) is -1.09. The first kappa shape index (κ1) is 20.3. The van der Waals surface area contributed by atoms with Gasteiger partial charge in [-0.2, -0.15) is 0 Å². The monoisotopic (exact) mass is 389 g/mol. The van der Waals surface area contributed by atoms with E-state index in [0.717, 1.165) is 5.39 Å². The minimum absolute atomic E-state index is 0.276. The van der Waals surface area contributed by atoms with Crippen LogP contribution in [-0.4, -0.2) is 60.5 Å². The molecule has 0 radical (unpaired) electrons. The first-order chi connectivity index (χ1) is 13.1. The van der Waals surface area contributed by atoms with Crippen LogP contribution in [0.2, 0.25) is 0 Å². The van der Waals surface area contributed by atoms with Crippen LogP contribution in [0.4, 0.5) is 15.0 Å². The summed E-state index contributed by atoms with van der Waals surface area (Å²) in [5.74, 6) is 0.419. The number of halogens is 1. The average molecular weight is 389 g/mol. The van der Waals surface area contributed by atoms with Gasteiger partial charge in [-0.25, -0.2) is 14.2 Å². The summed E-state index contributed by atoms with van der Waals surface area (Å²) in [6.45, 7) is 9.41. The highest BCUT2D eigenvalue weighted by Gasteiger charge is 2.41. The molecule has 3 rings (SSSR count). The van der Waals surface area contributed by atoms with Gasteiger partial charge in [-0.1, -0.05) is 12.1 Å². The van der Waals surface area contributed by atoms with Gasteiger partial charge in [0.15, 0.2) is 0 Å². The lowest BCUT2D eigenvalue weighted by molar-refractivity contribution is 0.0105. The highest BCUT2D eigenvalue weighted by atomic mass is 19.1. The number of benzene rings is 1. The highest BCUT2D eigenvalue weighted by Crippen LogP contribution is 2.33. The molecule has 1 aliphatic rings. The summed E-state index contributed by atoms with van der Waals surface area (Å²) in [4.78, 5) is 20.9. The van der Waals surface area contributed by atoms with Crippen molar-refractivity contribution in [3.05, 3.63) is 36.3 Å². The van der Waals surface area contributed by atoms with Gasteiger partial charge < -0.3 is 19.3 Å². The van der Waals surface area contributed by atoms with E-state index in [2.05, 4.69) is 9.88 Å². The van der Waals surface area contributed by atoms with Gasteiger partial charge >= 0.3 is 6.09 Å². The van der Waals surface area contributed by atoms with E-state index in [4.69, 9.17) is 9.47 Å². The van der Waals surface area contributed by atoms with Crippen LogP contribution in [-0.2, 0) is 9.47 Å². The zero-order valence-electron chi connectivity index (χ0n) is 17.2. The third-order valence-electron chi connectivity index (χ3n) is 4.87. The van der Waals surface area contributed by atoms with E-state index < -0.39 is 11.1 Å². The summed E-state index contributed by atoms with van der Waals surface area (Å²) in [7, 11) is 1.63. The van der Waals surface area contributed by atoms with E-state index in [0.29, 0.717) is 37.4 Å². The predicted octanol–water partition coefficient (Wildman–Crippen LogP) is 3.84. The van der Waals surface area contributed by atoms with Gasteiger partial charge in [-0.3, -0.25) is 0 Å². The maximum atomic E-state index is 14.3. The van der Waals surface area contributed by atoms with Crippen molar-refractivity contribution in [1.82, 2.24) is 9.88 Å². The summed E-state index contributed by atoms with van der Waals surface area (Å²) in [6, 6.07) is 6.68. The van der Waals surface area contributed by atoms with Crippen molar-refractivity contribution in [2.75, 3.05) is 38.3 Å². The van der Waals surface area contributed by atoms with Crippen LogP contribution in [0.5, 0.6) is 0 Å². The van der Waals surface area contributed by atoms with Crippen LogP contribution in [0.1, 0.15) is 27.7 Å². The first-order valence-electron chi connectivity index (χ1n) is 9.42. The van der Waals surface area contributed by atoms with E-state index in [1.807, 2.05) is 33.8 Å². The largest absolute Gasteiger partial charge is 0.444 e. The summed E-state index contributed by atoms with van der Waals surface area (Å²) in [5, 5.41) is 1.28. The molecule has 152 valence electrons. The van der Waals surface area contributed by atoms with Gasteiger partial charge in [0, 0.05) is 43.7 Å². The second-order valence-corrected chi connectivity index (χ2v) is 8.45. The molecule has 2 heterocycles. The smallest absolute Gasteiger partial charge is 0.410 e. The van der Waals surface area contributed by atoms with Gasteiger partial charge in [-0.05, 0) is 39.8 Å². The number of piperazine rings is 1. The van der Waals surface area contributed by atoms with Crippen molar-refractivity contribution in [2.24, 2.45) is 0 Å². The normalized spacial score (nSPS) is 20.5. The maximum absolute atomic E-state index is 14.3. The Kier molecular flexibility index (Phi) is 5.48. The number of hydrogen-bond donors (Lipinski definition) is 0. The van der Waals surface area contributed by atoms with Crippen molar-refractivity contribution in [3.8, 4) is 0 Å². The Hall–Kier alpha value is -2.41. The molecule has 28 heavy (non-hydrogen) atoms. The van der Waals surface area contributed by atoms with Crippen LogP contribution >= 0.6 is 0 Å². The van der Waals surface area contributed by atoms with Crippen LogP contribution in [0.15, 0.2) is 30.5 Å². The molecule has 0 saturated carbocycles. The molecule has 1 unspecified atom stereocenters. The summed E-state index contributed by atoms with van der Waals surface area (Å²) in [6.07, 6.45) is 1.28. The highest BCUT2D eigenvalue weighted by molar-refractivity contribution is 5.93. The van der Waals surface area contributed by atoms with Crippen molar-refractivity contribution in [2.45, 2.75) is 38.8 Å². The van der Waals surface area contributed by atoms with Crippen molar-refractivity contribution >= 4 is 22.7 Å². The van der Waals surface area contributed by atoms with Gasteiger partial charge in [0.25, 0.3) is 0 Å². The molecule has 0 N–H and O–H groups in total. The standard InChI is InChI=1S/C21H28FN3O3/c1-20(2,3)28-19(26)24-11-12-25(21(4,13-24)14-27-5)18-16-7-6-8-17(22)15(16)9-10-23-18/h6-10H,11-14H2,1-5H3. The Balaban J connectivity index is 1.95. The quantitative estimate of drug-likeness (QED) is 0.798. The average Bonchev–Trinajstić information content (AvgIpc) is 2.60. The fourth-order valence-electron chi connectivity index (χ4n) is 3.71. The molecule has 1 amide bonds. The second-order valence-electron chi connectivity index (χ2n) is 8.45. The van der Waals surface area contributed by atoms with Crippen LogP contribution in [0, 0.1) is 5.82 Å². The predicted molar refractivity (Wildman–Crippen MR) is 107 cm³/mol. The molecule has 0 aliphatic carbocycles. The number of fused-ring (bicyclic) bond motifs is 1. The maximum Gasteiger partial charge on any atom is 0.410 e. The minimum Gasteiger partial charge on any atom is -0.444 e. The number of ether oxygens (including phenoxy) is 2. The molecule has 1 fully saturated rings. The second kappa shape index (κ2) is 7.54. The van der Waals surface area contributed by atoms with E-state index in [1.54, 1.807) is 30.3 Å². The lowest BCUT2D eigenvalue weighted by Gasteiger charge is -2.49. The van der Waals surface area contributed by atoms with Gasteiger partial charge in [0.05, 0.1) is 12.1 Å².